The molecule has 4 heteroatoms. The number of nitrogens with zero attached hydrogens (tertiary/aromatic N) is 3. The molecule has 0 aliphatic rings. The zero-order valence-corrected chi connectivity index (χ0v) is 8.28. The van der Waals surface area contributed by atoms with Crippen molar-refractivity contribution in [1.82, 2.24) is 14.9 Å². The van der Waals surface area contributed by atoms with Crippen LogP contribution in [0.1, 0.15) is 17.2 Å². The maximum Gasteiger partial charge on any atom is 0.142 e. The second kappa shape index (κ2) is 4.30. The molecule has 0 aliphatic heterocycles. The summed E-state index contributed by atoms with van der Waals surface area (Å²) in [6.07, 6.45) is 0. The topological polar surface area (TPSA) is 49.3 Å². The predicted octanol–water partition coefficient (Wildman–Crippen LogP) is 0.339. The lowest BCUT2D eigenvalue weighted by molar-refractivity contribution is 0.275. The normalized spacial score (nSPS) is 10.8. The summed E-state index contributed by atoms with van der Waals surface area (Å²) >= 11 is 0. The van der Waals surface area contributed by atoms with Crippen molar-refractivity contribution in [2.45, 2.75) is 20.1 Å². The highest BCUT2D eigenvalue weighted by Crippen LogP contribution is 2.01. The van der Waals surface area contributed by atoms with Crippen LogP contribution in [0, 0.1) is 6.92 Å². The van der Waals surface area contributed by atoms with Crippen LogP contribution in [0.4, 0.5) is 0 Å². The lowest BCUT2D eigenvalue weighted by Crippen LogP contribution is -2.14. The maximum absolute atomic E-state index is 8.92. The summed E-state index contributed by atoms with van der Waals surface area (Å²) < 4.78 is 0. The van der Waals surface area contributed by atoms with Crippen molar-refractivity contribution in [2.75, 3.05) is 14.1 Å². The van der Waals surface area contributed by atoms with Gasteiger partial charge in [0.05, 0.1) is 18.8 Å². The number of rotatable bonds is 3. The highest BCUT2D eigenvalue weighted by Gasteiger charge is 2.02. The second-order valence-corrected chi connectivity index (χ2v) is 3.31. The minimum absolute atomic E-state index is 0.0240. The first-order valence-corrected chi connectivity index (χ1v) is 4.21. The van der Waals surface area contributed by atoms with Crippen LogP contribution in [0.5, 0.6) is 0 Å². The summed E-state index contributed by atoms with van der Waals surface area (Å²) in [4.78, 5) is 10.4. The highest BCUT2D eigenvalue weighted by molar-refractivity contribution is 5.09. The van der Waals surface area contributed by atoms with Crippen molar-refractivity contribution < 1.29 is 5.11 Å². The Kier molecular flexibility index (Phi) is 3.33. The Morgan fingerprint density at radius 1 is 1.38 bits per heavy atom. The molecule has 0 amide bonds. The van der Waals surface area contributed by atoms with Gasteiger partial charge in [0.15, 0.2) is 0 Å². The molecule has 0 atom stereocenters. The lowest BCUT2D eigenvalue weighted by Gasteiger charge is -2.09. The minimum Gasteiger partial charge on any atom is -0.390 e. The van der Waals surface area contributed by atoms with Crippen LogP contribution in [0.25, 0.3) is 0 Å². The van der Waals surface area contributed by atoms with Gasteiger partial charge in [0.25, 0.3) is 0 Å². The summed E-state index contributed by atoms with van der Waals surface area (Å²) in [5.41, 5.74) is 1.58. The van der Waals surface area contributed by atoms with Crippen LogP contribution in [0.15, 0.2) is 6.07 Å². The van der Waals surface area contributed by atoms with Gasteiger partial charge in [-0.25, -0.2) is 9.97 Å². The van der Waals surface area contributed by atoms with Gasteiger partial charge in [0.1, 0.15) is 5.82 Å². The van der Waals surface area contributed by atoms with E-state index in [1.165, 1.54) is 0 Å². The maximum atomic E-state index is 8.92. The van der Waals surface area contributed by atoms with E-state index >= 15 is 0 Å². The Morgan fingerprint density at radius 3 is 2.62 bits per heavy atom. The van der Waals surface area contributed by atoms with E-state index in [1.807, 2.05) is 25.9 Å². The molecule has 0 spiro atoms. The van der Waals surface area contributed by atoms with E-state index in [0.29, 0.717) is 12.2 Å². The quantitative estimate of drug-likeness (QED) is 0.730. The molecular weight excluding hydrogens is 166 g/mol. The Hall–Kier alpha value is -1.00. The van der Waals surface area contributed by atoms with Crippen LogP contribution in [-0.2, 0) is 13.2 Å². The third-order valence-corrected chi connectivity index (χ3v) is 1.57. The molecule has 0 saturated carbocycles. The third kappa shape index (κ3) is 3.08. The van der Waals surface area contributed by atoms with E-state index in [9.17, 15) is 0 Å². The van der Waals surface area contributed by atoms with Gasteiger partial charge in [-0.2, -0.15) is 0 Å². The average Bonchev–Trinajstić information content (AvgIpc) is 2.01. The molecule has 0 radical (unpaired) electrons. The summed E-state index contributed by atoms with van der Waals surface area (Å²) in [6, 6.07) is 1.79. The van der Waals surface area contributed by atoms with Gasteiger partial charge in [-0.1, -0.05) is 0 Å². The first-order chi connectivity index (χ1) is 6.11. The van der Waals surface area contributed by atoms with Gasteiger partial charge in [-0.15, -0.1) is 0 Å². The zero-order valence-electron chi connectivity index (χ0n) is 8.28. The highest BCUT2D eigenvalue weighted by atomic mass is 16.3. The van der Waals surface area contributed by atoms with E-state index in [-0.39, 0.29) is 6.61 Å². The third-order valence-electron chi connectivity index (χ3n) is 1.57. The Bertz CT molecular complexity index is 286. The molecule has 0 unspecified atom stereocenters. The van der Waals surface area contributed by atoms with E-state index in [2.05, 4.69) is 9.97 Å². The van der Waals surface area contributed by atoms with Gasteiger partial charge >= 0.3 is 0 Å². The van der Waals surface area contributed by atoms with Crippen LogP contribution in [0.2, 0.25) is 0 Å². The molecule has 4 nitrogen and oxygen atoms in total. The number of hydrogen-bond acceptors (Lipinski definition) is 4. The van der Waals surface area contributed by atoms with E-state index < -0.39 is 0 Å². The summed E-state index contributed by atoms with van der Waals surface area (Å²) in [6.45, 7) is 2.58. The Balaban J connectivity index is 2.88. The molecule has 1 aromatic heterocycles. The van der Waals surface area contributed by atoms with Gasteiger partial charge in [0.2, 0.25) is 0 Å². The van der Waals surface area contributed by atoms with E-state index in [0.717, 1.165) is 11.5 Å². The van der Waals surface area contributed by atoms with Crippen LogP contribution >= 0.6 is 0 Å². The zero-order chi connectivity index (χ0) is 9.84. The monoisotopic (exact) mass is 181 g/mol. The van der Waals surface area contributed by atoms with Crippen LogP contribution in [0.3, 0.4) is 0 Å². The van der Waals surface area contributed by atoms with Gasteiger partial charge < -0.3 is 10.0 Å². The van der Waals surface area contributed by atoms with Crippen molar-refractivity contribution in [3.63, 3.8) is 0 Å². The lowest BCUT2D eigenvalue weighted by atomic mass is 10.3. The standard InChI is InChI=1S/C9H15N3O/c1-7-4-8(6-13)11-9(10-7)5-12(2)3/h4,13H,5-6H2,1-3H3. The minimum atomic E-state index is -0.0240. The first kappa shape index (κ1) is 10.1. The molecule has 0 aromatic carbocycles. The average molecular weight is 181 g/mol. The number of aliphatic hydroxyl groups is 1. The molecule has 0 aliphatic carbocycles. The fourth-order valence-corrected chi connectivity index (χ4v) is 1.13. The molecule has 1 N–H and O–H groups in total. The second-order valence-electron chi connectivity index (χ2n) is 3.31. The van der Waals surface area contributed by atoms with E-state index in [4.69, 9.17) is 5.11 Å². The fourth-order valence-electron chi connectivity index (χ4n) is 1.13. The fraction of sp³-hybridized carbons (Fsp3) is 0.556. The molecular formula is C9H15N3O. The van der Waals surface area contributed by atoms with Crippen molar-refractivity contribution in [3.05, 3.63) is 23.3 Å². The van der Waals surface area contributed by atoms with Crippen molar-refractivity contribution in [2.24, 2.45) is 0 Å². The number of aryl methyl sites for hydroxylation is 1. The molecule has 0 saturated heterocycles. The van der Waals surface area contributed by atoms with Gasteiger partial charge in [0, 0.05) is 5.69 Å². The predicted molar refractivity (Wildman–Crippen MR) is 50.1 cm³/mol. The molecule has 0 bridgehead atoms. The van der Waals surface area contributed by atoms with Crippen LogP contribution in [-0.4, -0.2) is 34.1 Å². The number of hydrogen-bond donors (Lipinski definition) is 1. The Morgan fingerprint density at radius 2 is 2.08 bits per heavy atom. The molecule has 1 rings (SSSR count). The van der Waals surface area contributed by atoms with Crippen LogP contribution < -0.4 is 0 Å². The SMILES string of the molecule is Cc1cc(CO)nc(CN(C)C)n1. The molecule has 0 fully saturated rings. The summed E-state index contributed by atoms with van der Waals surface area (Å²) in [5, 5.41) is 8.92. The van der Waals surface area contributed by atoms with Gasteiger partial charge in [-0.05, 0) is 27.1 Å². The number of aromatic nitrogens is 2. The van der Waals surface area contributed by atoms with Crippen molar-refractivity contribution in [3.8, 4) is 0 Å². The summed E-state index contributed by atoms with van der Waals surface area (Å²) in [5.74, 6) is 0.758. The number of aliphatic hydroxyl groups excluding tert-OH is 1. The molecule has 13 heavy (non-hydrogen) atoms. The Labute approximate surface area is 78.2 Å². The molecule has 72 valence electrons. The van der Waals surface area contributed by atoms with Crippen molar-refractivity contribution in [1.29, 1.82) is 0 Å². The summed E-state index contributed by atoms with van der Waals surface area (Å²) in [7, 11) is 3.93. The largest absolute Gasteiger partial charge is 0.390 e. The van der Waals surface area contributed by atoms with Crippen molar-refractivity contribution >= 4 is 0 Å². The first-order valence-electron chi connectivity index (χ1n) is 4.21. The molecule has 1 aromatic rings. The van der Waals surface area contributed by atoms with E-state index in [1.54, 1.807) is 6.07 Å². The van der Waals surface area contributed by atoms with Gasteiger partial charge in [-0.3, -0.25) is 0 Å². The smallest absolute Gasteiger partial charge is 0.142 e. The molecule has 1 heterocycles.